The lowest BCUT2D eigenvalue weighted by Crippen LogP contribution is -2.49. The van der Waals surface area contributed by atoms with E-state index in [1.54, 1.807) is 0 Å². The Morgan fingerprint density at radius 3 is 2.53 bits per heavy atom. The predicted molar refractivity (Wildman–Crippen MR) is 59.1 cm³/mol. The molecule has 17 heavy (non-hydrogen) atoms. The first-order valence-electron chi connectivity index (χ1n) is 5.54. The van der Waals surface area contributed by atoms with Crippen molar-refractivity contribution in [1.29, 1.82) is 0 Å². The molecule has 3 nitrogen and oxygen atoms in total. The summed E-state index contributed by atoms with van der Waals surface area (Å²) in [5.41, 5.74) is 0.495. The minimum absolute atomic E-state index is 0.239. The van der Waals surface area contributed by atoms with Crippen LogP contribution in [0.5, 0.6) is 0 Å². The third-order valence-corrected chi connectivity index (χ3v) is 3.18. The van der Waals surface area contributed by atoms with E-state index in [-0.39, 0.29) is 5.92 Å². The molecule has 0 bridgehead atoms. The quantitative estimate of drug-likeness (QED) is 0.630. The minimum Gasteiger partial charge on any atom is -0.302 e. The Balaban J connectivity index is 2.33. The van der Waals surface area contributed by atoms with Crippen LogP contribution in [0.15, 0.2) is 18.2 Å². The smallest absolute Gasteiger partial charge is 0.139 e. The Hall–Kier alpha value is -1.33. The summed E-state index contributed by atoms with van der Waals surface area (Å²) < 4.78 is 26.3. The molecule has 2 unspecified atom stereocenters. The summed E-state index contributed by atoms with van der Waals surface area (Å²) in [6.45, 7) is 0.623. The van der Waals surface area contributed by atoms with Gasteiger partial charge in [-0.2, -0.15) is 0 Å². The molecule has 0 amide bonds. The summed E-state index contributed by atoms with van der Waals surface area (Å²) in [5.74, 6) is 4.22. The zero-order valence-corrected chi connectivity index (χ0v) is 9.27. The van der Waals surface area contributed by atoms with Crippen LogP contribution < -0.4 is 5.84 Å². The molecule has 1 aliphatic rings. The molecule has 1 saturated heterocycles. The van der Waals surface area contributed by atoms with Gasteiger partial charge in [0.15, 0.2) is 0 Å². The van der Waals surface area contributed by atoms with Crippen LogP contribution in [-0.4, -0.2) is 23.9 Å². The van der Waals surface area contributed by atoms with Crippen LogP contribution in [-0.2, 0) is 4.79 Å². The maximum atomic E-state index is 13.1. The molecule has 0 aromatic heterocycles. The molecule has 2 rings (SSSR count). The Kier molecular flexibility index (Phi) is 3.49. The molecular weight excluding hydrogens is 226 g/mol. The van der Waals surface area contributed by atoms with Gasteiger partial charge in [0, 0.05) is 18.5 Å². The highest BCUT2D eigenvalue weighted by molar-refractivity contribution is 5.60. The fraction of sp³-hybridized carbons (Fsp3) is 0.417. The minimum atomic E-state index is -0.626. The standard InChI is InChI=1S/C12H14F2N2O/c13-9-4-8(5-10(14)6-9)11-2-1-3-16(15)12(11)7-17/h4-7,11-12H,1-3,15H2. The number of hydrogen-bond acceptors (Lipinski definition) is 3. The maximum Gasteiger partial charge on any atom is 0.139 e. The number of carbonyl (C=O) groups is 1. The van der Waals surface area contributed by atoms with Gasteiger partial charge in [-0.05, 0) is 30.5 Å². The van der Waals surface area contributed by atoms with Crippen molar-refractivity contribution in [2.24, 2.45) is 5.84 Å². The van der Waals surface area contributed by atoms with E-state index in [2.05, 4.69) is 0 Å². The van der Waals surface area contributed by atoms with Crippen LogP contribution in [0.25, 0.3) is 0 Å². The van der Waals surface area contributed by atoms with E-state index >= 15 is 0 Å². The van der Waals surface area contributed by atoms with E-state index in [9.17, 15) is 13.6 Å². The highest BCUT2D eigenvalue weighted by Gasteiger charge is 2.31. The molecule has 2 atom stereocenters. The van der Waals surface area contributed by atoms with E-state index in [0.717, 1.165) is 18.8 Å². The van der Waals surface area contributed by atoms with Gasteiger partial charge in [-0.25, -0.2) is 13.8 Å². The second-order valence-electron chi connectivity index (χ2n) is 4.32. The van der Waals surface area contributed by atoms with Crippen LogP contribution in [0.3, 0.4) is 0 Å². The van der Waals surface area contributed by atoms with Gasteiger partial charge >= 0.3 is 0 Å². The van der Waals surface area contributed by atoms with Crippen LogP contribution in [0.2, 0.25) is 0 Å². The molecule has 1 aromatic rings. The maximum absolute atomic E-state index is 13.1. The Morgan fingerprint density at radius 2 is 1.94 bits per heavy atom. The van der Waals surface area contributed by atoms with Crippen molar-refractivity contribution >= 4 is 6.29 Å². The van der Waals surface area contributed by atoms with E-state index < -0.39 is 17.7 Å². The van der Waals surface area contributed by atoms with Crippen molar-refractivity contribution in [3.63, 3.8) is 0 Å². The van der Waals surface area contributed by atoms with Crippen molar-refractivity contribution in [3.05, 3.63) is 35.4 Å². The van der Waals surface area contributed by atoms with E-state index in [1.807, 2.05) is 0 Å². The summed E-state index contributed by atoms with van der Waals surface area (Å²) in [6, 6.07) is 2.85. The summed E-state index contributed by atoms with van der Waals surface area (Å²) in [4.78, 5) is 11.0. The van der Waals surface area contributed by atoms with Crippen molar-refractivity contribution in [2.75, 3.05) is 6.54 Å². The Morgan fingerprint density at radius 1 is 1.29 bits per heavy atom. The normalized spacial score (nSPS) is 25.8. The van der Waals surface area contributed by atoms with Gasteiger partial charge in [0.25, 0.3) is 0 Å². The lowest BCUT2D eigenvalue weighted by Gasteiger charge is -2.35. The molecule has 1 aromatic carbocycles. The summed E-state index contributed by atoms with van der Waals surface area (Å²) in [6.07, 6.45) is 2.26. The third kappa shape index (κ3) is 2.50. The van der Waals surface area contributed by atoms with Gasteiger partial charge in [0.05, 0.1) is 6.04 Å². The highest BCUT2D eigenvalue weighted by Crippen LogP contribution is 2.31. The number of benzene rings is 1. The monoisotopic (exact) mass is 240 g/mol. The molecule has 5 heteroatoms. The highest BCUT2D eigenvalue weighted by atomic mass is 19.1. The summed E-state index contributed by atoms with van der Waals surface area (Å²) in [7, 11) is 0. The van der Waals surface area contributed by atoms with Crippen molar-refractivity contribution < 1.29 is 13.6 Å². The third-order valence-electron chi connectivity index (χ3n) is 3.18. The molecule has 1 heterocycles. The molecule has 92 valence electrons. The van der Waals surface area contributed by atoms with Crippen LogP contribution in [0.1, 0.15) is 24.3 Å². The second kappa shape index (κ2) is 4.89. The number of nitrogens with zero attached hydrogens (tertiary/aromatic N) is 1. The van der Waals surface area contributed by atoms with Crippen LogP contribution in [0, 0.1) is 11.6 Å². The van der Waals surface area contributed by atoms with Crippen molar-refractivity contribution in [3.8, 4) is 0 Å². The molecule has 2 N–H and O–H groups in total. The number of carbonyl (C=O) groups excluding carboxylic acids is 1. The molecule has 0 radical (unpaired) electrons. The molecule has 1 fully saturated rings. The van der Waals surface area contributed by atoms with Gasteiger partial charge in [-0.3, -0.25) is 5.84 Å². The van der Waals surface area contributed by atoms with Gasteiger partial charge in [-0.1, -0.05) is 0 Å². The summed E-state index contributed by atoms with van der Waals surface area (Å²) in [5, 5.41) is 1.43. The fourth-order valence-corrected chi connectivity index (χ4v) is 2.37. The first-order valence-corrected chi connectivity index (χ1v) is 5.54. The van der Waals surface area contributed by atoms with E-state index in [1.165, 1.54) is 17.1 Å². The van der Waals surface area contributed by atoms with Gasteiger partial charge in [0.2, 0.25) is 0 Å². The predicted octanol–water partition coefficient (Wildman–Crippen LogP) is 1.59. The molecule has 0 saturated carbocycles. The second-order valence-corrected chi connectivity index (χ2v) is 4.32. The lowest BCUT2D eigenvalue weighted by atomic mass is 9.85. The van der Waals surface area contributed by atoms with Crippen LogP contribution >= 0.6 is 0 Å². The zero-order valence-electron chi connectivity index (χ0n) is 9.27. The fourth-order valence-electron chi connectivity index (χ4n) is 2.37. The number of aldehydes is 1. The molecule has 1 aliphatic heterocycles. The lowest BCUT2D eigenvalue weighted by molar-refractivity contribution is -0.114. The molecular formula is C12H14F2N2O. The SMILES string of the molecule is NN1CCCC(c2cc(F)cc(F)c2)C1C=O. The Bertz CT molecular complexity index is 405. The summed E-state index contributed by atoms with van der Waals surface area (Å²) >= 11 is 0. The van der Waals surface area contributed by atoms with Gasteiger partial charge in [0.1, 0.15) is 17.9 Å². The van der Waals surface area contributed by atoms with Crippen LogP contribution in [0.4, 0.5) is 8.78 Å². The Labute approximate surface area is 98.2 Å². The number of halogens is 2. The largest absolute Gasteiger partial charge is 0.302 e. The average molecular weight is 240 g/mol. The first kappa shape index (κ1) is 12.1. The van der Waals surface area contributed by atoms with Gasteiger partial charge in [-0.15, -0.1) is 0 Å². The molecule has 0 aliphatic carbocycles. The number of nitrogens with two attached hydrogens (primary N) is 1. The van der Waals surface area contributed by atoms with Gasteiger partial charge < -0.3 is 4.79 Å². The number of rotatable bonds is 2. The average Bonchev–Trinajstić information content (AvgIpc) is 2.27. The number of hydrogen-bond donors (Lipinski definition) is 1. The van der Waals surface area contributed by atoms with Crippen molar-refractivity contribution in [2.45, 2.75) is 24.8 Å². The number of piperidine rings is 1. The number of hydrazine groups is 1. The topological polar surface area (TPSA) is 46.3 Å². The molecule has 0 spiro atoms. The van der Waals surface area contributed by atoms with E-state index in [0.29, 0.717) is 18.5 Å². The first-order chi connectivity index (χ1) is 8.11. The van der Waals surface area contributed by atoms with E-state index in [4.69, 9.17) is 5.84 Å². The zero-order chi connectivity index (χ0) is 12.4. The van der Waals surface area contributed by atoms with Crippen molar-refractivity contribution in [1.82, 2.24) is 5.01 Å².